The number of methoxy groups -OCH3 is 1. The molecule has 1 aromatic carbocycles. The number of nitrogens with one attached hydrogen (secondary N) is 1. The van der Waals surface area contributed by atoms with Gasteiger partial charge in [-0.1, -0.05) is 36.7 Å². The minimum atomic E-state index is -3.58. The van der Waals surface area contributed by atoms with Crippen molar-refractivity contribution in [3.8, 4) is 0 Å². The van der Waals surface area contributed by atoms with Crippen LogP contribution >= 0.6 is 12.4 Å². The van der Waals surface area contributed by atoms with Crippen LogP contribution in [0.25, 0.3) is 0 Å². The summed E-state index contributed by atoms with van der Waals surface area (Å²) in [5.41, 5.74) is -0.239. The van der Waals surface area contributed by atoms with E-state index in [2.05, 4.69) is 4.74 Å². The van der Waals surface area contributed by atoms with Gasteiger partial charge in [-0.15, -0.1) is 12.4 Å². The van der Waals surface area contributed by atoms with Gasteiger partial charge in [0.2, 0.25) is 0 Å². The van der Waals surface area contributed by atoms with Crippen molar-refractivity contribution < 1.29 is 23.2 Å². The number of ether oxygens (including phenoxy) is 1. The van der Waals surface area contributed by atoms with Crippen LogP contribution in [-0.4, -0.2) is 25.6 Å². The number of rotatable bonds is 3. The third-order valence-electron chi connectivity index (χ3n) is 2.20. The molecule has 1 N–H and O–H groups in total. The van der Waals surface area contributed by atoms with Crippen LogP contribution in [0.4, 0.5) is 0 Å². The average molecular weight is 280 g/mol. The zero-order valence-corrected chi connectivity index (χ0v) is 10.4. The van der Waals surface area contributed by atoms with Gasteiger partial charge >= 0.3 is 5.97 Å². The van der Waals surface area contributed by atoms with Crippen LogP contribution in [0.5, 0.6) is 0 Å². The maximum Gasteiger partial charge on any atom is 0.314 e. The maximum absolute atomic E-state index is 12.5. The third kappa shape index (κ3) is 3.47. The minimum absolute atomic E-state index is 0. The Morgan fingerprint density at radius 1 is 1.56 bits per heavy atom. The topological polar surface area (TPSA) is 38.3 Å². The zero-order chi connectivity index (χ0) is 21.1. The summed E-state index contributed by atoms with van der Waals surface area (Å²) in [5.74, 6) is -4.38. The monoisotopic (exact) mass is 279 g/mol. The number of carbonyl (C=O) groups excluding carboxylic acids is 1. The Labute approximate surface area is 128 Å². The number of hydrogen-bond acceptors (Lipinski definition) is 3. The smallest absolute Gasteiger partial charge is 0.314 e. The van der Waals surface area contributed by atoms with Gasteiger partial charge in [0.15, 0.2) is 0 Å². The molecular weight excluding hydrogens is 250 g/mol. The molecule has 2 atom stereocenters. The van der Waals surface area contributed by atoms with Gasteiger partial charge < -0.3 is 10.1 Å². The van der Waals surface area contributed by atoms with Gasteiger partial charge in [0.05, 0.1) is 13.0 Å². The highest BCUT2D eigenvalue weighted by Crippen LogP contribution is 2.26. The Morgan fingerprint density at radius 2 is 2.28 bits per heavy atom. The Balaban J connectivity index is 0.00000392. The van der Waals surface area contributed by atoms with Gasteiger partial charge in [-0.05, 0) is 24.8 Å². The van der Waals surface area contributed by atoms with Crippen molar-refractivity contribution in [3.63, 3.8) is 0 Å². The molecule has 1 fully saturated rings. The first-order valence-electron chi connectivity index (χ1n) is 9.98. The molecule has 0 bridgehead atoms. The molecule has 0 unspecified atom stereocenters. The molecule has 0 saturated carbocycles. The van der Waals surface area contributed by atoms with Crippen molar-refractivity contribution in [2.75, 3.05) is 13.6 Å². The lowest BCUT2D eigenvalue weighted by molar-refractivity contribution is -0.143. The number of halogens is 1. The summed E-state index contributed by atoms with van der Waals surface area (Å²) in [4.78, 5) is 12.5. The summed E-state index contributed by atoms with van der Waals surface area (Å²) < 4.78 is 85.5. The standard InChI is InChI=1S/C14H19NO2.ClH/c1-17-14(16)13(11-7-3-2-4-8-11)12-9-5-6-10-15-12;/h2-4,7-8,12-13,15H,5-6,9-10H2,1H3;1H/t12-,13+;/m1./s1/i5D2,6D2,9D2,10D2,12D,13D;. The van der Waals surface area contributed by atoms with Gasteiger partial charge in [0, 0.05) is 19.7 Å². The highest BCUT2D eigenvalue weighted by Gasteiger charge is 2.31. The number of hydrogen-bond donors (Lipinski definition) is 1. The maximum atomic E-state index is 12.5. The van der Waals surface area contributed by atoms with Crippen LogP contribution in [0.3, 0.4) is 0 Å². The molecule has 4 heteroatoms. The fourth-order valence-electron chi connectivity index (χ4n) is 1.45. The summed E-state index contributed by atoms with van der Waals surface area (Å²) in [6.45, 7) is -3.28. The minimum Gasteiger partial charge on any atom is -0.469 e. The van der Waals surface area contributed by atoms with Crippen molar-refractivity contribution in [2.45, 2.75) is 31.0 Å². The second-order valence-electron chi connectivity index (χ2n) is 3.23. The number of carbonyl (C=O) groups is 1. The molecule has 1 heterocycles. The van der Waals surface area contributed by atoms with Gasteiger partial charge in [-0.25, -0.2) is 0 Å². The van der Waals surface area contributed by atoms with Gasteiger partial charge in [-0.2, -0.15) is 0 Å². The normalized spacial score (nSPS) is 45.8. The van der Waals surface area contributed by atoms with E-state index in [4.69, 9.17) is 13.7 Å². The molecular formula is C14H20ClNO2. The van der Waals surface area contributed by atoms with E-state index in [-0.39, 0.29) is 18.0 Å². The highest BCUT2D eigenvalue weighted by molar-refractivity contribution is 5.85. The summed E-state index contributed by atoms with van der Waals surface area (Å²) >= 11 is 0. The first kappa shape index (κ1) is 5.93. The van der Waals surface area contributed by atoms with Gasteiger partial charge in [0.25, 0.3) is 0 Å². The Morgan fingerprint density at radius 3 is 2.94 bits per heavy atom. The fraction of sp³-hybridized carbons (Fsp3) is 0.500. The van der Waals surface area contributed by atoms with Crippen LogP contribution in [0.2, 0.25) is 0 Å². The van der Waals surface area contributed by atoms with E-state index < -0.39 is 43.5 Å². The average Bonchev–Trinajstić information content (AvgIpc) is 2.58. The van der Waals surface area contributed by atoms with Crippen molar-refractivity contribution >= 4 is 18.4 Å². The summed E-state index contributed by atoms with van der Waals surface area (Å²) in [7, 11) is 0.902. The summed E-state index contributed by atoms with van der Waals surface area (Å²) in [6, 6.07) is 3.53. The quantitative estimate of drug-likeness (QED) is 0.864. The summed E-state index contributed by atoms with van der Waals surface area (Å²) in [6.07, 6.45) is -10.5. The number of piperidine rings is 1. The largest absolute Gasteiger partial charge is 0.469 e. The van der Waals surface area contributed by atoms with E-state index in [9.17, 15) is 4.79 Å². The lowest BCUT2D eigenvalue weighted by Gasteiger charge is -2.29. The Bertz CT molecular complexity index is 747. The van der Waals surface area contributed by atoms with E-state index in [1.165, 1.54) is 30.3 Å². The van der Waals surface area contributed by atoms with Crippen molar-refractivity contribution in [1.29, 1.82) is 0 Å². The van der Waals surface area contributed by atoms with E-state index in [1.807, 2.05) is 0 Å². The van der Waals surface area contributed by atoms with E-state index in [1.54, 1.807) is 5.32 Å². The predicted octanol–water partition coefficient (Wildman–Crippen LogP) is 2.51. The first-order chi connectivity index (χ1) is 12.0. The predicted molar refractivity (Wildman–Crippen MR) is 74.1 cm³/mol. The number of esters is 1. The third-order valence-corrected chi connectivity index (χ3v) is 2.20. The lowest BCUT2D eigenvalue weighted by atomic mass is 9.86. The van der Waals surface area contributed by atoms with Crippen molar-refractivity contribution in [2.24, 2.45) is 0 Å². The lowest BCUT2D eigenvalue weighted by Crippen LogP contribution is -2.42. The fourth-order valence-corrected chi connectivity index (χ4v) is 1.45. The molecule has 0 aromatic heterocycles. The molecule has 18 heavy (non-hydrogen) atoms. The van der Waals surface area contributed by atoms with Crippen LogP contribution in [0, 0.1) is 0 Å². The van der Waals surface area contributed by atoms with Crippen LogP contribution < -0.4 is 5.32 Å². The molecule has 0 spiro atoms. The zero-order valence-electron chi connectivity index (χ0n) is 19.6. The van der Waals surface area contributed by atoms with Crippen molar-refractivity contribution in [1.82, 2.24) is 5.32 Å². The van der Waals surface area contributed by atoms with Crippen LogP contribution in [0.1, 0.15) is 44.3 Å². The van der Waals surface area contributed by atoms with Crippen molar-refractivity contribution in [3.05, 3.63) is 35.9 Å². The molecule has 0 amide bonds. The van der Waals surface area contributed by atoms with Crippen LogP contribution in [0.15, 0.2) is 30.3 Å². The van der Waals surface area contributed by atoms with E-state index >= 15 is 0 Å². The van der Waals surface area contributed by atoms with Gasteiger partial charge in [-0.3, -0.25) is 4.79 Å². The first-order valence-corrected chi connectivity index (χ1v) is 4.98. The molecule has 1 aliphatic heterocycles. The number of benzene rings is 1. The SMILES string of the molecule is Cl.[2H]C1([2H])N[C@@]([2H])([C@@]([2H])(C(=O)OC)c2ccccc2)C([2H])([2H])C([2H])([2H])C1([2H])[2H]. The Kier molecular flexibility index (Phi) is 2.44. The Hall–Kier alpha value is -1.06. The van der Waals surface area contributed by atoms with E-state index in [0.29, 0.717) is 0 Å². The van der Waals surface area contributed by atoms with Gasteiger partial charge in [0.1, 0.15) is 0 Å². The molecule has 1 saturated heterocycles. The van der Waals surface area contributed by atoms with Crippen LogP contribution in [-0.2, 0) is 9.53 Å². The second-order valence-corrected chi connectivity index (χ2v) is 3.23. The molecule has 1 aromatic rings. The summed E-state index contributed by atoms with van der Waals surface area (Å²) in [5, 5.41) is 1.78. The molecule has 2 rings (SSSR count). The molecule has 0 aliphatic carbocycles. The molecule has 3 nitrogen and oxygen atoms in total. The molecule has 0 radical (unpaired) electrons. The molecule has 1 aliphatic rings. The second kappa shape index (κ2) is 7.39. The molecule has 100 valence electrons. The highest BCUT2D eigenvalue weighted by atomic mass is 35.5. The van der Waals surface area contributed by atoms with E-state index in [0.717, 1.165) is 7.11 Å².